The molecule has 0 spiro atoms. The van der Waals surface area contributed by atoms with Crippen molar-refractivity contribution >= 4 is 11.9 Å². The minimum atomic E-state index is 0.0157. The van der Waals surface area contributed by atoms with E-state index < -0.39 is 0 Å². The summed E-state index contributed by atoms with van der Waals surface area (Å²) < 4.78 is 5.74. The molecule has 0 unspecified atom stereocenters. The minimum absolute atomic E-state index is 0.0157. The van der Waals surface area contributed by atoms with Crippen molar-refractivity contribution < 1.29 is 9.53 Å². The van der Waals surface area contributed by atoms with Gasteiger partial charge in [0.2, 0.25) is 5.78 Å². The highest BCUT2D eigenvalue weighted by molar-refractivity contribution is 6.09. The molecule has 22 heavy (non-hydrogen) atoms. The van der Waals surface area contributed by atoms with Gasteiger partial charge in [0.15, 0.2) is 0 Å². The molecule has 0 aromatic heterocycles. The molecule has 1 aliphatic heterocycles. The second-order valence-corrected chi connectivity index (χ2v) is 5.22. The maximum atomic E-state index is 11.7. The van der Waals surface area contributed by atoms with Crippen LogP contribution in [-0.4, -0.2) is 5.78 Å². The maximum absolute atomic E-state index is 11.7. The number of ketones is 1. The number of carbonyl (C=O) groups excluding carboxylic acids is 1. The molecule has 0 amide bonds. The number of benzene rings is 2. The minimum Gasteiger partial charge on any atom is -0.489 e. The first kappa shape index (κ1) is 14.1. The monoisotopic (exact) mass is 291 g/mol. The summed E-state index contributed by atoms with van der Waals surface area (Å²) in [5, 5.41) is 3.05. The lowest BCUT2D eigenvalue weighted by molar-refractivity contribution is -0.111. The molecule has 0 saturated heterocycles. The highest BCUT2D eigenvalue weighted by Crippen LogP contribution is 2.17. The predicted molar refractivity (Wildman–Crippen MR) is 87.1 cm³/mol. The first-order chi connectivity index (χ1) is 10.7. The lowest BCUT2D eigenvalue weighted by atomic mass is 10.1. The zero-order valence-corrected chi connectivity index (χ0v) is 12.4. The van der Waals surface area contributed by atoms with Crippen molar-refractivity contribution in [3.8, 4) is 5.75 Å². The number of hydrogen-bond acceptors (Lipinski definition) is 3. The third kappa shape index (κ3) is 3.44. The topological polar surface area (TPSA) is 38.3 Å². The van der Waals surface area contributed by atoms with Gasteiger partial charge in [-0.25, -0.2) is 0 Å². The van der Waals surface area contributed by atoms with E-state index in [9.17, 15) is 4.79 Å². The van der Waals surface area contributed by atoms with E-state index in [4.69, 9.17) is 4.74 Å². The Bertz CT molecular complexity index is 728. The first-order valence-corrected chi connectivity index (χ1v) is 7.19. The summed E-state index contributed by atoms with van der Waals surface area (Å²) in [5.41, 5.74) is 3.58. The van der Waals surface area contributed by atoms with Crippen LogP contribution in [-0.2, 0) is 11.4 Å². The Labute approximate surface area is 129 Å². The van der Waals surface area contributed by atoms with E-state index in [-0.39, 0.29) is 5.78 Å². The molecule has 3 rings (SSSR count). The Balaban J connectivity index is 1.64. The van der Waals surface area contributed by atoms with Crippen LogP contribution in [0, 0.1) is 0 Å². The summed E-state index contributed by atoms with van der Waals surface area (Å²) in [6.45, 7) is 2.42. The Morgan fingerprint density at radius 3 is 2.41 bits per heavy atom. The second-order valence-electron chi connectivity index (χ2n) is 5.22. The number of allylic oxidation sites excluding steroid dienone is 2. The third-order valence-electron chi connectivity index (χ3n) is 3.38. The predicted octanol–water partition coefficient (Wildman–Crippen LogP) is 3.68. The summed E-state index contributed by atoms with van der Waals surface area (Å²) in [5.74, 6) is 0.827. The van der Waals surface area contributed by atoms with Crippen molar-refractivity contribution in [2.24, 2.45) is 0 Å². The summed E-state index contributed by atoms with van der Waals surface area (Å²) in [6.07, 6.45) is 3.44. The molecule has 110 valence electrons. The lowest BCUT2D eigenvalue weighted by Gasteiger charge is -2.06. The van der Waals surface area contributed by atoms with Gasteiger partial charge in [0, 0.05) is 11.8 Å². The van der Waals surface area contributed by atoms with Gasteiger partial charge in [0.25, 0.3) is 0 Å². The molecule has 0 bridgehead atoms. The Morgan fingerprint density at radius 2 is 1.77 bits per heavy atom. The number of carbonyl (C=O) groups is 1. The zero-order chi connectivity index (χ0) is 15.4. The molecule has 0 fully saturated rings. The summed E-state index contributed by atoms with van der Waals surface area (Å²) in [7, 11) is 0. The molecule has 1 heterocycles. The standard InChI is InChI=1S/C19H17NO2/c1-14-11-19(21)18(20-14)12-15-7-9-17(10-8-15)22-13-16-5-3-2-4-6-16/h2-12,20H,13H2,1H3. The largest absolute Gasteiger partial charge is 0.489 e. The Kier molecular flexibility index (Phi) is 4.05. The molecule has 2 aromatic carbocycles. The molecule has 1 N–H and O–H groups in total. The molecular formula is C19H17NO2. The summed E-state index contributed by atoms with van der Waals surface area (Å²) in [6, 6.07) is 17.7. The number of rotatable bonds is 4. The average Bonchev–Trinajstić information content (AvgIpc) is 2.85. The molecule has 2 aromatic rings. The molecule has 0 saturated carbocycles. The number of nitrogens with one attached hydrogen (secondary N) is 1. The van der Waals surface area contributed by atoms with Gasteiger partial charge in [0.05, 0.1) is 5.70 Å². The van der Waals surface area contributed by atoms with Crippen molar-refractivity contribution in [1.82, 2.24) is 5.32 Å². The van der Waals surface area contributed by atoms with Crippen LogP contribution in [0.4, 0.5) is 0 Å². The third-order valence-corrected chi connectivity index (χ3v) is 3.38. The van der Waals surface area contributed by atoms with Crippen LogP contribution in [0.3, 0.4) is 0 Å². The van der Waals surface area contributed by atoms with Crippen LogP contribution < -0.4 is 10.1 Å². The molecule has 3 nitrogen and oxygen atoms in total. The van der Waals surface area contributed by atoms with Crippen molar-refractivity contribution in [3.05, 3.63) is 83.2 Å². The van der Waals surface area contributed by atoms with E-state index >= 15 is 0 Å². The lowest BCUT2D eigenvalue weighted by Crippen LogP contribution is -2.07. The van der Waals surface area contributed by atoms with Crippen molar-refractivity contribution in [2.75, 3.05) is 0 Å². The van der Waals surface area contributed by atoms with Crippen molar-refractivity contribution in [2.45, 2.75) is 13.5 Å². The molecule has 0 aliphatic carbocycles. The van der Waals surface area contributed by atoms with E-state index in [0.29, 0.717) is 12.3 Å². The molecule has 0 radical (unpaired) electrons. The SMILES string of the molecule is CC1=CC(=O)C(=Cc2ccc(OCc3ccccc3)cc2)N1. The van der Waals surface area contributed by atoms with E-state index in [1.54, 1.807) is 6.08 Å². The van der Waals surface area contributed by atoms with Crippen molar-refractivity contribution in [3.63, 3.8) is 0 Å². The molecule has 3 heteroatoms. The normalized spacial score (nSPS) is 15.6. The fraction of sp³-hybridized carbons (Fsp3) is 0.105. The van der Waals surface area contributed by atoms with Gasteiger partial charge in [-0.2, -0.15) is 0 Å². The second kappa shape index (κ2) is 6.31. The summed E-state index contributed by atoms with van der Waals surface area (Å²) >= 11 is 0. The van der Waals surface area contributed by atoms with E-state index in [0.717, 1.165) is 22.6 Å². The van der Waals surface area contributed by atoms with Gasteiger partial charge < -0.3 is 10.1 Å². The molecule has 1 aliphatic rings. The smallest absolute Gasteiger partial charge is 0.203 e. The van der Waals surface area contributed by atoms with Crippen LogP contribution in [0.1, 0.15) is 18.1 Å². The fourth-order valence-electron chi connectivity index (χ4n) is 2.26. The Hall–Kier alpha value is -2.81. The van der Waals surface area contributed by atoms with Crippen LogP contribution in [0.5, 0.6) is 5.75 Å². The quantitative estimate of drug-likeness (QED) is 0.873. The van der Waals surface area contributed by atoms with Crippen LogP contribution in [0.25, 0.3) is 6.08 Å². The summed E-state index contributed by atoms with van der Waals surface area (Å²) in [4.78, 5) is 11.7. The molecular weight excluding hydrogens is 274 g/mol. The van der Waals surface area contributed by atoms with E-state index in [1.165, 1.54) is 0 Å². The van der Waals surface area contributed by atoms with E-state index in [2.05, 4.69) is 5.32 Å². The van der Waals surface area contributed by atoms with Crippen molar-refractivity contribution in [1.29, 1.82) is 0 Å². The highest BCUT2D eigenvalue weighted by Gasteiger charge is 2.14. The zero-order valence-electron chi connectivity index (χ0n) is 12.4. The highest BCUT2D eigenvalue weighted by atomic mass is 16.5. The van der Waals surface area contributed by atoms with Gasteiger partial charge in [0.1, 0.15) is 12.4 Å². The van der Waals surface area contributed by atoms with Crippen LogP contribution >= 0.6 is 0 Å². The first-order valence-electron chi connectivity index (χ1n) is 7.19. The average molecular weight is 291 g/mol. The number of ether oxygens (including phenoxy) is 1. The van der Waals surface area contributed by atoms with Crippen LogP contribution in [0.15, 0.2) is 72.1 Å². The van der Waals surface area contributed by atoms with Gasteiger partial charge in [-0.05, 0) is 36.3 Å². The van der Waals surface area contributed by atoms with E-state index in [1.807, 2.05) is 67.6 Å². The van der Waals surface area contributed by atoms with Gasteiger partial charge >= 0.3 is 0 Å². The fourth-order valence-corrected chi connectivity index (χ4v) is 2.26. The van der Waals surface area contributed by atoms with Gasteiger partial charge in [-0.1, -0.05) is 42.5 Å². The number of hydrogen-bond donors (Lipinski definition) is 1. The Morgan fingerprint density at radius 1 is 1.05 bits per heavy atom. The van der Waals surface area contributed by atoms with Gasteiger partial charge in [-0.3, -0.25) is 4.79 Å². The van der Waals surface area contributed by atoms with Crippen LogP contribution in [0.2, 0.25) is 0 Å². The molecule has 0 atom stereocenters. The maximum Gasteiger partial charge on any atom is 0.203 e. The van der Waals surface area contributed by atoms with Gasteiger partial charge in [-0.15, -0.1) is 0 Å².